The number of non-ortho nitro benzene ring substituents is 1. The van der Waals surface area contributed by atoms with E-state index in [2.05, 4.69) is 10.5 Å². The maximum atomic E-state index is 12.7. The first kappa shape index (κ1) is 25.4. The molecule has 0 radical (unpaired) electrons. The second-order valence-electron chi connectivity index (χ2n) is 7.76. The Morgan fingerprint density at radius 3 is 2.41 bits per heavy atom. The van der Waals surface area contributed by atoms with Crippen molar-refractivity contribution in [3.63, 3.8) is 0 Å². The number of nitrogens with zero attached hydrogens (tertiary/aromatic N) is 3. The van der Waals surface area contributed by atoms with Crippen molar-refractivity contribution in [2.45, 2.75) is 12.5 Å². The van der Waals surface area contributed by atoms with Crippen molar-refractivity contribution < 1.29 is 28.9 Å². The lowest BCUT2D eigenvalue weighted by Gasteiger charge is -2.15. The highest BCUT2D eigenvalue weighted by Crippen LogP contribution is 2.43. The number of nitrogens with one attached hydrogen (secondary N) is 1. The van der Waals surface area contributed by atoms with E-state index in [1.165, 1.54) is 20.3 Å². The van der Waals surface area contributed by atoms with Crippen LogP contribution in [0.25, 0.3) is 0 Å². The summed E-state index contributed by atoms with van der Waals surface area (Å²) in [5.41, 5.74) is 3.39. The summed E-state index contributed by atoms with van der Waals surface area (Å²) in [6.45, 7) is 0. The fraction of sp³-hybridized carbons (Fsp3) is 0.167. The molecule has 1 heterocycles. The molecule has 190 valence electrons. The average molecular weight is 527 g/mol. The number of hydrogen-bond donors (Lipinski definition) is 1. The van der Waals surface area contributed by atoms with Crippen LogP contribution in [0.4, 0.5) is 17.1 Å². The van der Waals surface area contributed by atoms with Crippen LogP contribution in [0.15, 0.2) is 59.7 Å². The van der Waals surface area contributed by atoms with Gasteiger partial charge >= 0.3 is 11.7 Å². The molecule has 13 heteroatoms. The fourth-order valence-corrected chi connectivity index (χ4v) is 4.00. The van der Waals surface area contributed by atoms with E-state index in [0.717, 1.165) is 12.1 Å². The lowest BCUT2D eigenvalue weighted by Crippen LogP contribution is -2.11. The third-order valence-electron chi connectivity index (χ3n) is 5.63. The predicted molar refractivity (Wildman–Crippen MR) is 134 cm³/mol. The Morgan fingerprint density at radius 2 is 1.78 bits per heavy atom. The molecular weight excluding hydrogens is 508 g/mol. The Labute approximate surface area is 214 Å². The first-order valence-electron chi connectivity index (χ1n) is 10.7. The quantitative estimate of drug-likeness (QED) is 0.169. The minimum Gasteiger partial charge on any atom is -0.493 e. The van der Waals surface area contributed by atoms with Crippen molar-refractivity contribution in [2.24, 2.45) is 5.10 Å². The molecule has 0 bridgehead atoms. The zero-order chi connectivity index (χ0) is 26.7. The number of cyclic esters (lactones) is 1. The number of carbonyl (C=O) groups excluding carboxylic acids is 1. The van der Waals surface area contributed by atoms with Crippen molar-refractivity contribution in [2.75, 3.05) is 19.6 Å². The molecule has 1 N–H and O–H groups in total. The van der Waals surface area contributed by atoms with Gasteiger partial charge in [0.1, 0.15) is 17.4 Å². The molecule has 3 aromatic rings. The second-order valence-corrected chi connectivity index (χ2v) is 8.19. The summed E-state index contributed by atoms with van der Waals surface area (Å²) < 4.78 is 16.3. The number of methoxy groups -OCH3 is 2. The number of hydrazone groups is 1. The van der Waals surface area contributed by atoms with E-state index in [9.17, 15) is 25.0 Å². The standard InChI is InChI=1S/C24H19ClN4O8/c1-35-20-10-8-16-21(37-24(30)22(16)23(20)36-2)12-18(13-3-5-14(25)6-4-13)27-26-17-9-7-15(28(31)32)11-19(17)29(33)34/h3-11,21,26H,12H2,1-2H3. The van der Waals surface area contributed by atoms with E-state index in [-0.39, 0.29) is 23.4 Å². The summed E-state index contributed by atoms with van der Waals surface area (Å²) in [4.78, 5) is 33.8. The Balaban J connectivity index is 1.73. The van der Waals surface area contributed by atoms with E-state index in [1.807, 2.05) is 0 Å². The van der Waals surface area contributed by atoms with Gasteiger partial charge in [-0.25, -0.2) is 4.79 Å². The number of carbonyl (C=O) groups is 1. The van der Waals surface area contributed by atoms with Crippen molar-refractivity contribution in [3.8, 4) is 11.5 Å². The van der Waals surface area contributed by atoms with E-state index in [0.29, 0.717) is 27.6 Å². The van der Waals surface area contributed by atoms with E-state index in [1.54, 1.807) is 36.4 Å². The summed E-state index contributed by atoms with van der Waals surface area (Å²) in [5.74, 6) is 0.0277. The van der Waals surface area contributed by atoms with Gasteiger partial charge in [0.15, 0.2) is 11.5 Å². The fourth-order valence-electron chi connectivity index (χ4n) is 3.88. The molecule has 0 fully saturated rings. The lowest BCUT2D eigenvalue weighted by atomic mass is 9.97. The maximum absolute atomic E-state index is 12.7. The van der Waals surface area contributed by atoms with Crippen molar-refractivity contribution in [1.29, 1.82) is 0 Å². The number of nitro groups is 2. The van der Waals surface area contributed by atoms with Crippen LogP contribution < -0.4 is 14.9 Å². The molecule has 4 rings (SSSR count). The molecular formula is C24H19ClN4O8. The van der Waals surface area contributed by atoms with E-state index >= 15 is 0 Å². The highest BCUT2D eigenvalue weighted by molar-refractivity contribution is 6.30. The van der Waals surface area contributed by atoms with Gasteiger partial charge in [-0.2, -0.15) is 5.10 Å². The number of benzene rings is 3. The van der Waals surface area contributed by atoms with Crippen LogP contribution in [0.1, 0.15) is 34.0 Å². The summed E-state index contributed by atoms with van der Waals surface area (Å²) in [7, 11) is 2.87. The molecule has 1 atom stereocenters. The largest absolute Gasteiger partial charge is 0.493 e. The molecule has 0 aromatic heterocycles. The number of esters is 1. The second kappa shape index (κ2) is 10.5. The van der Waals surface area contributed by atoms with Gasteiger partial charge in [-0.05, 0) is 29.8 Å². The van der Waals surface area contributed by atoms with E-state index in [4.69, 9.17) is 25.8 Å². The number of fused-ring (bicyclic) bond motifs is 1. The maximum Gasteiger partial charge on any atom is 0.343 e. The van der Waals surface area contributed by atoms with Crippen LogP contribution in [-0.4, -0.2) is 35.7 Å². The van der Waals surface area contributed by atoms with Gasteiger partial charge in [0, 0.05) is 23.1 Å². The van der Waals surface area contributed by atoms with E-state index < -0.39 is 33.3 Å². The van der Waals surface area contributed by atoms with Crippen molar-refractivity contribution in [3.05, 3.63) is 96.5 Å². The number of ether oxygens (including phenoxy) is 3. The van der Waals surface area contributed by atoms with Crippen LogP contribution in [0.5, 0.6) is 11.5 Å². The minimum absolute atomic E-state index is 0.0581. The summed E-state index contributed by atoms with van der Waals surface area (Å²) >= 11 is 6.02. The Bertz CT molecular complexity index is 1420. The average Bonchev–Trinajstić information content (AvgIpc) is 3.21. The molecule has 3 aromatic carbocycles. The topological polar surface area (TPSA) is 155 Å². The predicted octanol–water partition coefficient (Wildman–Crippen LogP) is 5.29. The molecule has 1 unspecified atom stereocenters. The highest BCUT2D eigenvalue weighted by atomic mass is 35.5. The van der Waals surface area contributed by atoms with Crippen LogP contribution in [0.3, 0.4) is 0 Å². The van der Waals surface area contributed by atoms with Gasteiger partial charge in [0.25, 0.3) is 5.69 Å². The number of rotatable bonds is 9. The highest BCUT2D eigenvalue weighted by Gasteiger charge is 2.36. The van der Waals surface area contributed by atoms with Gasteiger partial charge in [-0.3, -0.25) is 25.7 Å². The van der Waals surface area contributed by atoms with Gasteiger partial charge in [0.05, 0.1) is 35.8 Å². The third kappa shape index (κ3) is 5.14. The molecule has 0 aliphatic carbocycles. The van der Waals surface area contributed by atoms with Gasteiger partial charge < -0.3 is 14.2 Å². The summed E-state index contributed by atoms with van der Waals surface area (Å²) in [6, 6.07) is 13.2. The van der Waals surface area contributed by atoms with Gasteiger partial charge in [0.2, 0.25) is 0 Å². The minimum atomic E-state index is -0.749. The Hall–Kier alpha value is -4.71. The number of nitro benzene ring substituents is 2. The van der Waals surface area contributed by atoms with Gasteiger partial charge in [-0.15, -0.1) is 0 Å². The number of anilines is 1. The number of halogens is 1. The first-order valence-corrected chi connectivity index (χ1v) is 11.1. The lowest BCUT2D eigenvalue weighted by molar-refractivity contribution is -0.393. The smallest absolute Gasteiger partial charge is 0.343 e. The SMILES string of the molecule is COc1ccc2c(c1OC)C(=O)OC2CC(=NNc1ccc([N+](=O)[O-])cc1[N+](=O)[O-])c1ccc(Cl)cc1. The molecule has 0 saturated heterocycles. The van der Waals surface area contributed by atoms with Crippen LogP contribution in [0, 0.1) is 20.2 Å². The first-order chi connectivity index (χ1) is 17.7. The summed E-state index contributed by atoms with van der Waals surface area (Å²) in [5, 5.41) is 27.4. The molecule has 0 spiro atoms. The monoisotopic (exact) mass is 526 g/mol. The van der Waals surface area contributed by atoms with Gasteiger partial charge in [-0.1, -0.05) is 29.8 Å². The molecule has 1 aliphatic heterocycles. The van der Waals surface area contributed by atoms with Crippen LogP contribution >= 0.6 is 11.6 Å². The Kier molecular flexibility index (Phi) is 7.20. The van der Waals surface area contributed by atoms with Crippen LogP contribution in [0.2, 0.25) is 5.02 Å². The third-order valence-corrected chi connectivity index (χ3v) is 5.89. The molecule has 37 heavy (non-hydrogen) atoms. The zero-order valence-corrected chi connectivity index (χ0v) is 20.2. The molecule has 0 amide bonds. The van der Waals surface area contributed by atoms with Crippen molar-refractivity contribution >= 4 is 40.3 Å². The Morgan fingerprint density at radius 1 is 1.05 bits per heavy atom. The molecule has 0 saturated carbocycles. The normalized spacial score (nSPS) is 14.5. The molecule has 1 aliphatic rings. The zero-order valence-electron chi connectivity index (χ0n) is 19.5. The van der Waals surface area contributed by atoms with Crippen LogP contribution in [-0.2, 0) is 4.74 Å². The van der Waals surface area contributed by atoms with Crippen molar-refractivity contribution in [1.82, 2.24) is 0 Å². The summed E-state index contributed by atoms with van der Waals surface area (Å²) in [6.07, 6.45) is -0.658. The number of hydrogen-bond acceptors (Lipinski definition) is 10. The molecule has 12 nitrogen and oxygen atoms in total.